The van der Waals surface area contributed by atoms with Crippen LogP contribution in [0, 0.1) is 0 Å². The molecule has 5 heteroatoms. The summed E-state index contributed by atoms with van der Waals surface area (Å²) in [6.45, 7) is 4.30. The quantitative estimate of drug-likeness (QED) is 0.796. The maximum absolute atomic E-state index is 12.6. The summed E-state index contributed by atoms with van der Waals surface area (Å²) in [6.07, 6.45) is 4.52. The standard InChI is InChI=1S/C14H19NO3S/c1-3-12-6-4-5-11-15(12)19(16,17)14-9-7-13(18-2)8-10-14/h3,7-10,12H,1,4-6,11H2,2H3. The normalized spacial score (nSPS) is 21.0. The fourth-order valence-electron chi connectivity index (χ4n) is 2.35. The predicted octanol–water partition coefficient (Wildman–Crippen LogP) is 2.42. The lowest BCUT2D eigenvalue weighted by Crippen LogP contribution is -2.42. The monoisotopic (exact) mass is 281 g/mol. The molecule has 4 nitrogen and oxygen atoms in total. The molecule has 1 aliphatic rings. The Bertz CT molecular complexity index is 536. The molecule has 0 N–H and O–H groups in total. The molecule has 0 spiro atoms. The molecule has 1 unspecified atom stereocenters. The Morgan fingerprint density at radius 3 is 2.58 bits per heavy atom. The summed E-state index contributed by atoms with van der Waals surface area (Å²) in [6, 6.07) is 6.41. The van der Waals surface area contributed by atoms with Gasteiger partial charge in [0.1, 0.15) is 5.75 Å². The third-order valence-corrected chi connectivity index (χ3v) is 5.38. The second kappa shape index (κ2) is 5.75. The van der Waals surface area contributed by atoms with E-state index in [-0.39, 0.29) is 6.04 Å². The van der Waals surface area contributed by atoms with E-state index >= 15 is 0 Å². The maximum Gasteiger partial charge on any atom is 0.243 e. The molecule has 0 aromatic heterocycles. The van der Waals surface area contributed by atoms with Crippen LogP contribution in [0.15, 0.2) is 41.8 Å². The number of hydrogen-bond donors (Lipinski definition) is 0. The van der Waals surface area contributed by atoms with Gasteiger partial charge in [-0.1, -0.05) is 12.5 Å². The molecule has 104 valence electrons. The number of rotatable bonds is 4. The molecule has 1 aromatic rings. The van der Waals surface area contributed by atoms with Gasteiger partial charge in [-0.3, -0.25) is 0 Å². The molecule has 1 heterocycles. The molecule has 0 bridgehead atoms. The average molecular weight is 281 g/mol. The van der Waals surface area contributed by atoms with Crippen molar-refractivity contribution < 1.29 is 13.2 Å². The first kappa shape index (κ1) is 14.1. The van der Waals surface area contributed by atoms with Gasteiger partial charge in [-0.25, -0.2) is 8.42 Å². The fourth-order valence-corrected chi connectivity index (χ4v) is 4.02. The number of methoxy groups -OCH3 is 1. The zero-order chi connectivity index (χ0) is 13.9. The van der Waals surface area contributed by atoms with Crippen LogP contribution in [0.25, 0.3) is 0 Å². The molecule has 0 aliphatic carbocycles. The van der Waals surface area contributed by atoms with Crippen LogP contribution in [0.4, 0.5) is 0 Å². The summed E-state index contributed by atoms with van der Waals surface area (Å²) in [5, 5.41) is 0. The van der Waals surface area contributed by atoms with Crippen LogP contribution in [-0.2, 0) is 10.0 Å². The molecule has 1 aromatic carbocycles. The number of ether oxygens (including phenoxy) is 1. The highest BCUT2D eigenvalue weighted by Crippen LogP contribution is 2.26. The second-order valence-electron chi connectivity index (χ2n) is 4.59. The van der Waals surface area contributed by atoms with Crippen molar-refractivity contribution in [3.8, 4) is 5.75 Å². The van der Waals surface area contributed by atoms with Gasteiger partial charge in [0.05, 0.1) is 12.0 Å². The van der Waals surface area contributed by atoms with E-state index in [1.54, 1.807) is 41.8 Å². The summed E-state index contributed by atoms with van der Waals surface area (Å²) in [5.74, 6) is 0.651. The Labute approximate surface area is 114 Å². The average Bonchev–Trinajstić information content (AvgIpc) is 2.47. The third-order valence-electron chi connectivity index (χ3n) is 3.44. The van der Waals surface area contributed by atoms with Crippen molar-refractivity contribution >= 4 is 10.0 Å². The zero-order valence-corrected chi connectivity index (χ0v) is 11.9. The Morgan fingerprint density at radius 2 is 2.00 bits per heavy atom. The van der Waals surface area contributed by atoms with Gasteiger partial charge in [0.25, 0.3) is 0 Å². The largest absolute Gasteiger partial charge is 0.497 e. The Morgan fingerprint density at radius 1 is 1.32 bits per heavy atom. The first-order chi connectivity index (χ1) is 9.09. The van der Waals surface area contributed by atoms with E-state index in [1.165, 1.54) is 0 Å². The van der Waals surface area contributed by atoms with E-state index in [4.69, 9.17) is 4.74 Å². The predicted molar refractivity (Wildman–Crippen MR) is 74.7 cm³/mol. The Hall–Kier alpha value is -1.33. The van der Waals surface area contributed by atoms with Gasteiger partial charge in [0, 0.05) is 12.6 Å². The lowest BCUT2D eigenvalue weighted by atomic mass is 10.1. The van der Waals surface area contributed by atoms with E-state index in [0.29, 0.717) is 17.2 Å². The summed E-state index contributed by atoms with van der Waals surface area (Å²) >= 11 is 0. The number of hydrogen-bond acceptors (Lipinski definition) is 3. The SMILES string of the molecule is C=CC1CCCCN1S(=O)(=O)c1ccc(OC)cc1. The second-order valence-corrected chi connectivity index (χ2v) is 6.48. The van der Waals surface area contributed by atoms with Crippen LogP contribution in [0.1, 0.15) is 19.3 Å². The van der Waals surface area contributed by atoms with E-state index in [1.807, 2.05) is 0 Å². The van der Waals surface area contributed by atoms with Gasteiger partial charge < -0.3 is 4.74 Å². The van der Waals surface area contributed by atoms with Crippen molar-refractivity contribution in [2.24, 2.45) is 0 Å². The highest BCUT2D eigenvalue weighted by atomic mass is 32.2. The topological polar surface area (TPSA) is 46.6 Å². The van der Waals surface area contributed by atoms with Crippen molar-refractivity contribution in [2.45, 2.75) is 30.2 Å². The minimum absolute atomic E-state index is 0.0964. The third kappa shape index (κ3) is 2.82. The molecule has 1 saturated heterocycles. The molecule has 0 saturated carbocycles. The highest BCUT2D eigenvalue weighted by Gasteiger charge is 2.31. The summed E-state index contributed by atoms with van der Waals surface area (Å²) in [4.78, 5) is 0.307. The zero-order valence-electron chi connectivity index (χ0n) is 11.1. The summed E-state index contributed by atoms with van der Waals surface area (Å²) in [7, 11) is -1.88. The minimum Gasteiger partial charge on any atom is -0.497 e. The van der Waals surface area contributed by atoms with Gasteiger partial charge in [0.2, 0.25) is 10.0 Å². The molecule has 2 rings (SSSR count). The molecule has 19 heavy (non-hydrogen) atoms. The molecular formula is C14H19NO3S. The van der Waals surface area contributed by atoms with Gasteiger partial charge in [-0.15, -0.1) is 6.58 Å². The van der Waals surface area contributed by atoms with Crippen LogP contribution < -0.4 is 4.74 Å². The van der Waals surface area contributed by atoms with E-state index < -0.39 is 10.0 Å². The van der Waals surface area contributed by atoms with Crippen LogP contribution in [-0.4, -0.2) is 32.4 Å². The van der Waals surface area contributed by atoms with Gasteiger partial charge in [-0.2, -0.15) is 4.31 Å². The van der Waals surface area contributed by atoms with Crippen LogP contribution in [0.5, 0.6) is 5.75 Å². The molecular weight excluding hydrogens is 262 g/mol. The van der Waals surface area contributed by atoms with Crippen molar-refractivity contribution in [1.82, 2.24) is 4.31 Å². The molecule has 1 aliphatic heterocycles. The van der Waals surface area contributed by atoms with Crippen molar-refractivity contribution in [3.63, 3.8) is 0 Å². The van der Waals surface area contributed by atoms with E-state index in [0.717, 1.165) is 19.3 Å². The lowest BCUT2D eigenvalue weighted by molar-refractivity contribution is 0.292. The minimum atomic E-state index is -3.44. The smallest absolute Gasteiger partial charge is 0.243 e. The fraction of sp³-hybridized carbons (Fsp3) is 0.429. The van der Waals surface area contributed by atoms with Crippen molar-refractivity contribution in [1.29, 1.82) is 0 Å². The maximum atomic E-state index is 12.6. The van der Waals surface area contributed by atoms with Crippen LogP contribution in [0.2, 0.25) is 0 Å². The lowest BCUT2D eigenvalue weighted by Gasteiger charge is -2.32. The molecule has 0 radical (unpaired) electrons. The van der Waals surface area contributed by atoms with Gasteiger partial charge in [0.15, 0.2) is 0 Å². The first-order valence-electron chi connectivity index (χ1n) is 6.38. The van der Waals surface area contributed by atoms with Gasteiger partial charge in [-0.05, 0) is 37.1 Å². The van der Waals surface area contributed by atoms with Gasteiger partial charge >= 0.3 is 0 Å². The van der Waals surface area contributed by atoms with Crippen LogP contribution in [0.3, 0.4) is 0 Å². The first-order valence-corrected chi connectivity index (χ1v) is 7.82. The van der Waals surface area contributed by atoms with Crippen molar-refractivity contribution in [3.05, 3.63) is 36.9 Å². The Kier molecular flexibility index (Phi) is 4.27. The van der Waals surface area contributed by atoms with E-state index in [2.05, 4.69) is 6.58 Å². The number of sulfonamides is 1. The summed E-state index contributed by atoms with van der Waals surface area (Å²) < 4.78 is 31.8. The molecule has 1 fully saturated rings. The van der Waals surface area contributed by atoms with Crippen molar-refractivity contribution in [2.75, 3.05) is 13.7 Å². The molecule has 1 atom stereocenters. The van der Waals surface area contributed by atoms with E-state index in [9.17, 15) is 8.42 Å². The van der Waals surface area contributed by atoms with Crippen LogP contribution >= 0.6 is 0 Å². The number of piperidine rings is 1. The summed E-state index contributed by atoms with van der Waals surface area (Å²) in [5.41, 5.74) is 0. The molecule has 0 amide bonds. The highest BCUT2D eigenvalue weighted by molar-refractivity contribution is 7.89. The number of nitrogens with zero attached hydrogens (tertiary/aromatic N) is 1. The Balaban J connectivity index is 2.31. The number of benzene rings is 1.